The standard InChI is InChI=1S/C17H14ClFN2O4S2/c1-2-25-17(22)13-8-20-16-12(7-14(18)26-16)15(13)21-9-27(23,24)11-5-3-10(19)4-6-11/h3-8H,2,9H2,1H3,(H,20,21). The van der Waals surface area contributed by atoms with E-state index in [1.807, 2.05) is 0 Å². The van der Waals surface area contributed by atoms with Crippen LogP contribution in [-0.4, -0.2) is 31.9 Å². The van der Waals surface area contributed by atoms with E-state index >= 15 is 0 Å². The van der Waals surface area contributed by atoms with Gasteiger partial charge in [-0.25, -0.2) is 22.6 Å². The van der Waals surface area contributed by atoms with Crippen LogP contribution in [0.3, 0.4) is 0 Å². The summed E-state index contributed by atoms with van der Waals surface area (Å²) in [7, 11) is -3.77. The van der Waals surface area contributed by atoms with Gasteiger partial charge in [0.25, 0.3) is 0 Å². The predicted octanol–water partition coefficient (Wildman–Crippen LogP) is 4.11. The molecule has 0 bridgehead atoms. The van der Waals surface area contributed by atoms with Crippen LogP contribution in [0.1, 0.15) is 17.3 Å². The van der Waals surface area contributed by atoms with Crippen LogP contribution in [0.5, 0.6) is 0 Å². The number of benzene rings is 1. The molecule has 3 aromatic rings. The lowest BCUT2D eigenvalue weighted by atomic mass is 10.2. The largest absolute Gasteiger partial charge is 0.462 e. The molecule has 1 aromatic carbocycles. The zero-order valence-corrected chi connectivity index (χ0v) is 16.4. The highest BCUT2D eigenvalue weighted by molar-refractivity contribution is 7.91. The van der Waals surface area contributed by atoms with Crippen LogP contribution in [0, 0.1) is 5.82 Å². The number of hydrogen-bond donors (Lipinski definition) is 1. The van der Waals surface area contributed by atoms with Gasteiger partial charge >= 0.3 is 5.97 Å². The lowest BCUT2D eigenvalue weighted by molar-refractivity contribution is 0.0527. The number of esters is 1. The number of pyridine rings is 1. The smallest absolute Gasteiger partial charge is 0.341 e. The number of carbonyl (C=O) groups excluding carboxylic acids is 1. The van der Waals surface area contributed by atoms with E-state index in [4.69, 9.17) is 16.3 Å². The molecule has 3 rings (SSSR count). The van der Waals surface area contributed by atoms with Gasteiger partial charge in [0.1, 0.15) is 22.1 Å². The van der Waals surface area contributed by atoms with Gasteiger partial charge in [0, 0.05) is 11.6 Å². The maximum atomic E-state index is 13.0. The Kier molecular flexibility index (Phi) is 5.64. The molecule has 0 amide bonds. The Morgan fingerprint density at radius 1 is 1.33 bits per heavy atom. The second kappa shape index (κ2) is 7.79. The molecular formula is C17H14ClFN2O4S2. The number of sulfone groups is 1. The van der Waals surface area contributed by atoms with E-state index in [-0.39, 0.29) is 22.8 Å². The monoisotopic (exact) mass is 428 g/mol. The predicted molar refractivity (Wildman–Crippen MR) is 103 cm³/mol. The van der Waals surface area contributed by atoms with Gasteiger partial charge in [-0.05, 0) is 37.3 Å². The molecule has 0 saturated heterocycles. The van der Waals surface area contributed by atoms with Crippen molar-refractivity contribution in [1.82, 2.24) is 4.98 Å². The Hall–Kier alpha value is -2.23. The highest BCUT2D eigenvalue weighted by atomic mass is 35.5. The number of ether oxygens (including phenoxy) is 1. The minimum atomic E-state index is -3.77. The summed E-state index contributed by atoms with van der Waals surface area (Å²) in [4.78, 5) is 16.9. The van der Waals surface area contributed by atoms with Crippen molar-refractivity contribution in [2.24, 2.45) is 0 Å². The molecule has 0 atom stereocenters. The molecule has 1 N–H and O–H groups in total. The van der Waals surface area contributed by atoms with Crippen LogP contribution in [0.25, 0.3) is 10.2 Å². The Bertz CT molecular complexity index is 1100. The number of hydrogen-bond acceptors (Lipinski definition) is 7. The van der Waals surface area contributed by atoms with E-state index < -0.39 is 27.5 Å². The molecule has 142 valence electrons. The number of carbonyl (C=O) groups is 1. The van der Waals surface area contributed by atoms with Crippen molar-refractivity contribution >= 4 is 54.6 Å². The third kappa shape index (κ3) is 4.20. The molecule has 6 nitrogen and oxygen atoms in total. The summed E-state index contributed by atoms with van der Waals surface area (Å²) in [6.07, 6.45) is 1.32. The van der Waals surface area contributed by atoms with E-state index in [0.717, 1.165) is 12.1 Å². The first kappa shape index (κ1) is 19.5. The van der Waals surface area contributed by atoms with Crippen molar-refractivity contribution in [3.63, 3.8) is 0 Å². The highest BCUT2D eigenvalue weighted by Crippen LogP contribution is 2.35. The number of fused-ring (bicyclic) bond motifs is 1. The number of rotatable bonds is 6. The van der Waals surface area contributed by atoms with E-state index in [1.54, 1.807) is 13.0 Å². The molecule has 0 aliphatic heterocycles. The van der Waals surface area contributed by atoms with Crippen LogP contribution in [0.15, 0.2) is 41.4 Å². The summed E-state index contributed by atoms with van der Waals surface area (Å²) in [6.45, 7) is 1.83. The SMILES string of the molecule is CCOC(=O)c1cnc2sc(Cl)cc2c1NCS(=O)(=O)c1ccc(F)cc1. The highest BCUT2D eigenvalue weighted by Gasteiger charge is 2.21. The maximum absolute atomic E-state index is 13.0. The van der Waals surface area contributed by atoms with Crippen molar-refractivity contribution < 1.29 is 22.3 Å². The molecule has 0 saturated carbocycles. The average Bonchev–Trinajstić information content (AvgIpc) is 3.00. The molecule has 2 aromatic heterocycles. The summed E-state index contributed by atoms with van der Waals surface area (Å²) < 4.78 is 43.5. The number of nitrogens with one attached hydrogen (secondary N) is 1. The van der Waals surface area contributed by atoms with Gasteiger partial charge in [0.15, 0.2) is 9.84 Å². The normalized spacial score (nSPS) is 11.5. The lowest BCUT2D eigenvalue weighted by Crippen LogP contribution is -2.17. The van der Waals surface area contributed by atoms with Crippen molar-refractivity contribution in [1.29, 1.82) is 0 Å². The average molecular weight is 429 g/mol. The molecule has 27 heavy (non-hydrogen) atoms. The van der Waals surface area contributed by atoms with Gasteiger partial charge in [-0.3, -0.25) is 0 Å². The van der Waals surface area contributed by atoms with Crippen LogP contribution in [0.2, 0.25) is 4.34 Å². The molecule has 0 aliphatic carbocycles. The second-order valence-electron chi connectivity index (χ2n) is 5.43. The fourth-order valence-corrected chi connectivity index (χ4v) is 4.52. The summed E-state index contributed by atoms with van der Waals surface area (Å²) >= 11 is 7.23. The van der Waals surface area contributed by atoms with Gasteiger partial charge in [-0.2, -0.15) is 0 Å². The van der Waals surface area contributed by atoms with Gasteiger partial charge in [-0.1, -0.05) is 11.6 Å². The Balaban J connectivity index is 1.98. The summed E-state index contributed by atoms with van der Waals surface area (Å²) in [6, 6.07) is 6.11. The fraction of sp³-hybridized carbons (Fsp3) is 0.176. The minimum absolute atomic E-state index is 0.0391. The number of aromatic nitrogens is 1. The molecule has 0 radical (unpaired) electrons. The molecule has 0 fully saturated rings. The van der Waals surface area contributed by atoms with Crippen LogP contribution >= 0.6 is 22.9 Å². The van der Waals surface area contributed by atoms with E-state index in [2.05, 4.69) is 10.3 Å². The zero-order valence-electron chi connectivity index (χ0n) is 14.0. The fourth-order valence-electron chi connectivity index (χ4n) is 2.41. The van der Waals surface area contributed by atoms with E-state index in [9.17, 15) is 17.6 Å². The quantitative estimate of drug-likeness (QED) is 0.469. The topological polar surface area (TPSA) is 85.4 Å². The molecule has 0 aliphatic rings. The van der Waals surface area contributed by atoms with Gasteiger partial charge in [0.2, 0.25) is 0 Å². The maximum Gasteiger partial charge on any atom is 0.341 e. The van der Waals surface area contributed by atoms with Gasteiger partial charge in [0.05, 0.1) is 21.5 Å². The number of anilines is 1. The van der Waals surface area contributed by atoms with Crippen molar-refractivity contribution in [2.75, 3.05) is 17.8 Å². The Morgan fingerprint density at radius 3 is 2.70 bits per heavy atom. The third-order valence-electron chi connectivity index (χ3n) is 3.64. The number of halogens is 2. The van der Waals surface area contributed by atoms with Crippen LogP contribution < -0.4 is 5.32 Å². The number of thiophene rings is 1. The molecular weight excluding hydrogens is 415 g/mol. The third-order valence-corrected chi connectivity index (χ3v) is 6.33. The van der Waals surface area contributed by atoms with E-state index in [0.29, 0.717) is 14.6 Å². The lowest BCUT2D eigenvalue weighted by Gasteiger charge is -2.13. The Morgan fingerprint density at radius 2 is 2.04 bits per heavy atom. The summed E-state index contributed by atoms with van der Waals surface area (Å²) in [5, 5.41) is 3.31. The van der Waals surface area contributed by atoms with Gasteiger partial charge < -0.3 is 10.1 Å². The van der Waals surface area contributed by atoms with Crippen molar-refractivity contribution in [3.8, 4) is 0 Å². The van der Waals surface area contributed by atoms with E-state index in [1.165, 1.54) is 29.7 Å². The second-order valence-corrected chi connectivity index (χ2v) is 9.08. The van der Waals surface area contributed by atoms with Crippen molar-refractivity contribution in [3.05, 3.63) is 52.2 Å². The Labute approximate surface area is 163 Å². The first-order chi connectivity index (χ1) is 12.8. The van der Waals surface area contributed by atoms with Crippen LogP contribution in [-0.2, 0) is 14.6 Å². The first-order valence-electron chi connectivity index (χ1n) is 7.79. The minimum Gasteiger partial charge on any atom is -0.462 e. The molecule has 2 heterocycles. The summed E-state index contributed by atoms with van der Waals surface area (Å²) in [5.41, 5.74) is 0.375. The first-order valence-corrected chi connectivity index (χ1v) is 10.6. The molecule has 0 spiro atoms. The molecule has 0 unspecified atom stereocenters. The van der Waals surface area contributed by atoms with Gasteiger partial charge in [-0.15, -0.1) is 11.3 Å². The number of nitrogens with zero attached hydrogens (tertiary/aromatic N) is 1. The van der Waals surface area contributed by atoms with Crippen LogP contribution in [0.4, 0.5) is 10.1 Å². The summed E-state index contributed by atoms with van der Waals surface area (Å²) in [5.74, 6) is -1.66. The molecule has 10 heteroatoms. The zero-order chi connectivity index (χ0) is 19.6. The van der Waals surface area contributed by atoms with Crippen molar-refractivity contribution in [2.45, 2.75) is 11.8 Å².